The Morgan fingerprint density at radius 2 is 2.08 bits per heavy atom. The van der Waals surface area contributed by atoms with Crippen LogP contribution in [-0.4, -0.2) is 5.91 Å². The quantitative estimate of drug-likeness (QED) is 0.663. The Hall–Kier alpha value is -2.80. The fourth-order valence-electron chi connectivity index (χ4n) is 2.80. The minimum atomic E-state index is -0.429. The fraction of sp³-hybridized carbons (Fsp3) is 0.300. The van der Waals surface area contributed by atoms with Crippen LogP contribution in [0.15, 0.2) is 40.3 Å². The van der Waals surface area contributed by atoms with E-state index in [1.165, 1.54) is 6.08 Å². The summed E-state index contributed by atoms with van der Waals surface area (Å²) < 4.78 is 5.74. The van der Waals surface area contributed by atoms with Gasteiger partial charge < -0.3 is 9.73 Å². The Morgan fingerprint density at radius 3 is 2.71 bits per heavy atom. The number of nitrogens with zero attached hydrogens (tertiary/aromatic N) is 1. The summed E-state index contributed by atoms with van der Waals surface area (Å²) in [7, 11) is 0. The van der Waals surface area contributed by atoms with Crippen molar-refractivity contribution in [2.24, 2.45) is 5.92 Å². The number of nitriles is 1. The lowest BCUT2D eigenvalue weighted by Gasteiger charge is -2.08. The van der Waals surface area contributed by atoms with Crippen molar-refractivity contribution in [3.05, 3.63) is 58.6 Å². The third kappa shape index (κ3) is 3.41. The van der Waals surface area contributed by atoms with Crippen molar-refractivity contribution < 1.29 is 9.21 Å². The molecule has 0 saturated heterocycles. The van der Waals surface area contributed by atoms with Crippen LogP contribution in [0, 0.1) is 31.1 Å². The normalized spacial score (nSPS) is 19.7. The van der Waals surface area contributed by atoms with Gasteiger partial charge in [0.25, 0.3) is 5.91 Å². The molecule has 0 bridgehead atoms. The van der Waals surface area contributed by atoms with Crippen molar-refractivity contribution in [1.82, 2.24) is 0 Å². The Labute approximate surface area is 141 Å². The van der Waals surface area contributed by atoms with Crippen molar-refractivity contribution in [3.8, 4) is 6.07 Å². The second-order valence-corrected chi connectivity index (χ2v) is 6.50. The number of anilines is 1. The smallest absolute Gasteiger partial charge is 0.266 e. The molecule has 4 nitrogen and oxygen atoms in total. The van der Waals surface area contributed by atoms with Gasteiger partial charge in [-0.05, 0) is 49.9 Å². The van der Waals surface area contributed by atoms with Crippen molar-refractivity contribution in [1.29, 1.82) is 5.26 Å². The summed E-state index contributed by atoms with van der Waals surface area (Å²) in [5.74, 6) is 2.16. The van der Waals surface area contributed by atoms with E-state index in [1.807, 2.05) is 50.2 Å². The molecule has 1 amide bonds. The molecule has 2 aromatic rings. The van der Waals surface area contributed by atoms with Gasteiger partial charge in [-0.2, -0.15) is 5.26 Å². The molecule has 0 aliphatic heterocycles. The molecule has 1 aromatic carbocycles. The summed E-state index contributed by atoms with van der Waals surface area (Å²) in [5, 5.41) is 12.1. The number of aryl methyl sites for hydroxylation is 2. The van der Waals surface area contributed by atoms with Crippen molar-refractivity contribution in [2.45, 2.75) is 33.1 Å². The van der Waals surface area contributed by atoms with Crippen LogP contribution in [0.3, 0.4) is 0 Å². The van der Waals surface area contributed by atoms with Gasteiger partial charge in [-0.15, -0.1) is 0 Å². The summed E-state index contributed by atoms with van der Waals surface area (Å²) in [6.07, 6.45) is 2.63. The van der Waals surface area contributed by atoms with E-state index in [0.717, 1.165) is 23.3 Å². The van der Waals surface area contributed by atoms with Gasteiger partial charge in [-0.25, -0.2) is 0 Å². The molecule has 1 N–H and O–H groups in total. The molecule has 24 heavy (non-hydrogen) atoms. The first kappa shape index (κ1) is 16.1. The van der Waals surface area contributed by atoms with E-state index in [1.54, 1.807) is 0 Å². The molecule has 1 fully saturated rings. The molecule has 0 radical (unpaired) electrons. The first-order chi connectivity index (χ1) is 11.5. The SMILES string of the molecule is Cc1ccc(NC(=O)/C(C#N)=C/c2ccc([C@H]3C[C@@H]3C)o2)c(C)c1. The highest BCUT2D eigenvalue weighted by atomic mass is 16.3. The van der Waals surface area contributed by atoms with E-state index < -0.39 is 5.91 Å². The molecule has 1 heterocycles. The second kappa shape index (κ2) is 6.37. The van der Waals surface area contributed by atoms with Crippen LogP contribution in [0.2, 0.25) is 0 Å². The van der Waals surface area contributed by atoms with Gasteiger partial charge in [0.2, 0.25) is 0 Å². The molecule has 2 atom stereocenters. The Kier molecular flexibility index (Phi) is 4.26. The summed E-state index contributed by atoms with van der Waals surface area (Å²) in [6, 6.07) is 11.4. The zero-order valence-electron chi connectivity index (χ0n) is 14.1. The summed E-state index contributed by atoms with van der Waals surface area (Å²) in [4.78, 5) is 12.3. The van der Waals surface area contributed by atoms with Crippen LogP contribution in [0.1, 0.15) is 41.9 Å². The maximum absolute atomic E-state index is 12.3. The lowest BCUT2D eigenvalue weighted by atomic mass is 10.1. The maximum atomic E-state index is 12.3. The van der Waals surface area contributed by atoms with Crippen LogP contribution < -0.4 is 5.32 Å². The monoisotopic (exact) mass is 320 g/mol. The number of nitrogens with one attached hydrogen (secondary N) is 1. The molecule has 1 saturated carbocycles. The van der Waals surface area contributed by atoms with Gasteiger partial charge in [0.05, 0.1) is 0 Å². The third-order valence-corrected chi connectivity index (χ3v) is 4.40. The number of benzene rings is 1. The minimum absolute atomic E-state index is 0.0275. The number of carbonyl (C=O) groups excluding carboxylic acids is 1. The average Bonchev–Trinajstić information content (AvgIpc) is 3.09. The van der Waals surface area contributed by atoms with Crippen LogP contribution >= 0.6 is 0 Å². The highest BCUT2D eigenvalue weighted by Crippen LogP contribution is 2.47. The Balaban J connectivity index is 1.76. The highest BCUT2D eigenvalue weighted by molar-refractivity contribution is 6.09. The predicted octanol–water partition coefficient (Wildman–Crippen LogP) is 4.57. The molecule has 3 rings (SSSR count). The number of amides is 1. The highest BCUT2D eigenvalue weighted by Gasteiger charge is 2.36. The van der Waals surface area contributed by atoms with Crippen molar-refractivity contribution in [2.75, 3.05) is 5.32 Å². The van der Waals surface area contributed by atoms with Crippen LogP contribution in [0.4, 0.5) is 5.69 Å². The lowest BCUT2D eigenvalue weighted by molar-refractivity contribution is -0.112. The fourth-order valence-corrected chi connectivity index (χ4v) is 2.80. The van der Waals surface area contributed by atoms with Gasteiger partial charge in [0.1, 0.15) is 23.2 Å². The molecular weight excluding hydrogens is 300 g/mol. The van der Waals surface area contributed by atoms with E-state index in [2.05, 4.69) is 12.2 Å². The Morgan fingerprint density at radius 1 is 1.33 bits per heavy atom. The van der Waals surface area contributed by atoms with Crippen LogP contribution in [-0.2, 0) is 4.79 Å². The van der Waals surface area contributed by atoms with Crippen molar-refractivity contribution >= 4 is 17.7 Å². The van der Waals surface area contributed by atoms with Gasteiger partial charge >= 0.3 is 0 Å². The van der Waals surface area contributed by atoms with Crippen LogP contribution in [0.25, 0.3) is 6.08 Å². The lowest BCUT2D eigenvalue weighted by Crippen LogP contribution is -2.14. The molecule has 1 aliphatic carbocycles. The molecule has 122 valence electrons. The molecule has 4 heteroatoms. The standard InChI is InChI=1S/C20H20N2O2/c1-12-4-6-18(14(3)8-12)22-20(23)15(11-21)10-16-5-7-19(24-16)17-9-13(17)2/h4-8,10,13,17H,9H2,1-3H3,(H,22,23)/b15-10+/t13-,17-/m0/s1. The molecule has 1 aromatic heterocycles. The summed E-state index contributed by atoms with van der Waals surface area (Å²) >= 11 is 0. The minimum Gasteiger partial charge on any atom is -0.461 e. The van der Waals surface area contributed by atoms with Crippen molar-refractivity contribution in [3.63, 3.8) is 0 Å². The molecular formula is C20H20N2O2. The number of furan rings is 1. The van der Waals surface area contributed by atoms with Gasteiger partial charge in [0, 0.05) is 17.7 Å². The average molecular weight is 320 g/mol. The number of carbonyl (C=O) groups is 1. The van der Waals surface area contributed by atoms with Gasteiger partial charge in [-0.3, -0.25) is 4.79 Å². The Bertz CT molecular complexity index is 855. The molecule has 0 spiro atoms. The van der Waals surface area contributed by atoms with E-state index in [-0.39, 0.29) is 5.57 Å². The summed E-state index contributed by atoms with van der Waals surface area (Å²) in [6.45, 7) is 6.10. The van der Waals surface area contributed by atoms with E-state index >= 15 is 0 Å². The maximum Gasteiger partial charge on any atom is 0.266 e. The topological polar surface area (TPSA) is 66.0 Å². The third-order valence-electron chi connectivity index (χ3n) is 4.40. The van der Waals surface area contributed by atoms with E-state index in [0.29, 0.717) is 23.3 Å². The largest absolute Gasteiger partial charge is 0.461 e. The number of hydrogen-bond acceptors (Lipinski definition) is 3. The number of rotatable bonds is 4. The van der Waals surface area contributed by atoms with Crippen LogP contribution in [0.5, 0.6) is 0 Å². The van der Waals surface area contributed by atoms with Gasteiger partial charge in [0.15, 0.2) is 0 Å². The predicted molar refractivity (Wildman–Crippen MR) is 93.4 cm³/mol. The summed E-state index contributed by atoms with van der Waals surface area (Å²) in [5.41, 5.74) is 2.82. The van der Waals surface area contributed by atoms with E-state index in [4.69, 9.17) is 4.42 Å². The first-order valence-corrected chi connectivity index (χ1v) is 8.08. The van der Waals surface area contributed by atoms with Gasteiger partial charge in [-0.1, -0.05) is 24.6 Å². The zero-order chi connectivity index (χ0) is 17.3. The number of hydrogen-bond donors (Lipinski definition) is 1. The zero-order valence-corrected chi connectivity index (χ0v) is 14.1. The second-order valence-electron chi connectivity index (χ2n) is 6.50. The molecule has 0 unspecified atom stereocenters. The van der Waals surface area contributed by atoms with E-state index in [9.17, 15) is 10.1 Å². The molecule has 1 aliphatic rings. The first-order valence-electron chi connectivity index (χ1n) is 8.08.